The summed E-state index contributed by atoms with van der Waals surface area (Å²) in [4.78, 5) is 30.5. The molecule has 8 nitrogen and oxygen atoms in total. The number of benzene rings is 2. The zero-order valence-corrected chi connectivity index (χ0v) is 20.8. The van der Waals surface area contributed by atoms with Crippen LogP contribution in [0.15, 0.2) is 48.3 Å². The van der Waals surface area contributed by atoms with Gasteiger partial charge in [-0.25, -0.2) is 9.78 Å². The number of aromatic nitrogens is 2. The van der Waals surface area contributed by atoms with Crippen LogP contribution in [0.2, 0.25) is 5.02 Å². The highest BCUT2D eigenvalue weighted by Crippen LogP contribution is 2.45. The van der Waals surface area contributed by atoms with Gasteiger partial charge in [-0.1, -0.05) is 24.6 Å². The van der Waals surface area contributed by atoms with E-state index in [0.717, 1.165) is 23.9 Å². The second-order valence-electron chi connectivity index (χ2n) is 8.89. The van der Waals surface area contributed by atoms with Gasteiger partial charge in [0.05, 0.1) is 22.4 Å². The summed E-state index contributed by atoms with van der Waals surface area (Å²) in [5.41, 5.74) is 3.08. The monoisotopic (exact) mass is 491 g/mol. The van der Waals surface area contributed by atoms with Crippen LogP contribution in [0.4, 0.5) is 10.5 Å². The van der Waals surface area contributed by atoms with E-state index in [1.165, 1.54) is 18.0 Å². The minimum Gasteiger partial charge on any atom is -0.455 e. The lowest BCUT2D eigenvalue weighted by Crippen LogP contribution is -2.41. The smallest absolute Gasteiger partial charge is 0.328 e. The fourth-order valence-electron chi connectivity index (χ4n) is 3.82. The Kier molecular flexibility index (Phi) is 6.55. The van der Waals surface area contributed by atoms with Crippen LogP contribution in [0.5, 0.6) is 11.5 Å². The van der Waals surface area contributed by atoms with Crippen LogP contribution in [-0.2, 0) is 10.3 Å². The number of allylic oxidation sites excluding steroid dienone is 1. The number of nitrogens with zero attached hydrogens (tertiary/aromatic N) is 4. The highest BCUT2D eigenvalue weighted by molar-refractivity contribution is 6.32. The van der Waals surface area contributed by atoms with Gasteiger partial charge in [-0.3, -0.25) is 15.0 Å². The van der Waals surface area contributed by atoms with Gasteiger partial charge in [-0.05, 0) is 62.9 Å². The fraction of sp³-hybridized carbons (Fsp3) is 0.308. The number of nitrogens with one attached hydrogen (secondary N) is 1. The maximum atomic E-state index is 12.6. The molecule has 0 aliphatic heterocycles. The molecule has 180 valence electrons. The van der Waals surface area contributed by atoms with Crippen LogP contribution in [0, 0.1) is 18.3 Å². The predicted molar refractivity (Wildman–Crippen MR) is 135 cm³/mol. The number of anilines is 1. The average molecular weight is 492 g/mol. The van der Waals surface area contributed by atoms with E-state index < -0.39 is 11.9 Å². The van der Waals surface area contributed by atoms with Crippen molar-refractivity contribution in [1.82, 2.24) is 14.9 Å². The molecule has 1 aliphatic carbocycles. The van der Waals surface area contributed by atoms with Gasteiger partial charge >= 0.3 is 6.03 Å². The molecule has 3 aromatic rings. The number of amides is 3. The molecular formula is C26H26ClN5O3. The molecule has 0 atom stereocenters. The molecule has 0 bridgehead atoms. The minimum atomic E-state index is -0.747. The van der Waals surface area contributed by atoms with Crippen molar-refractivity contribution >= 4 is 40.3 Å². The molecular weight excluding hydrogens is 466 g/mol. The number of rotatable bonds is 6. The third-order valence-corrected chi connectivity index (χ3v) is 6.47. The van der Waals surface area contributed by atoms with Gasteiger partial charge < -0.3 is 9.30 Å². The number of ether oxygens (including phenoxy) is 1. The molecule has 1 heterocycles. The van der Waals surface area contributed by atoms with Crippen molar-refractivity contribution < 1.29 is 14.3 Å². The van der Waals surface area contributed by atoms with Crippen LogP contribution in [-0.4, -0.2) is 28.5 Å². The molecule has 4 rings (SSSR count). The summed E-state index contributed by atoms with van der Waals surface area (Å²) in [6, 6.07) is 10.2. The number of hydrogen-bond donors (Lipinski definition) is 1. The second-order valence-corrected chi connectivity index (χ2v) is 9.30. The first-order valence-corrected chi connectivity index (χ1v) is 11.7. The van der Waals surface area contributed by atoms with E-state index in [9.17, 15) is 9.59 Å². The Hall–Kier alpha value is -3.83. The van der Waals surface area contributed by atoms with Crippen LogP contribution in [0.3, 0.4) is 0 Å². The largest absolute Gasteiger partial charge is 0.455 e. The lowest BCUT2D eigenvalue weighted by molar-refractivity contribution is -0.116. The highest BCUT2D eigenvalue weighted by Gasteiger charge is 2.40. The number of nitriles is 1. The molecule has 1 N–H and O–H groups in total. The van der Waals surface area contributed by atoms with E-state index in [0.29, 0.717) is 34.2 Å². The number of hydrogen-bond acceptors (Lipinski definition) is 5. The number of fused-ring (bicyclic) bond motifs is 1. The Labute approximate surface area is 208 Å². The zero-order chi connectivity index (χ0) is 25.3. The van der Waals surface area contributed by atoms with Crippen molar-refractivity contribution in [2.24, 2.45) is 0 Å². The summed E-state index contributed by atoms with van der Waals surface area (Å²) < 4.78 is 8.34. The van der Waals surface area contributed by atoms with E-state index in [-0.39, 0.29) is 11.1 Å². The van der Waals surface area contributed by atoms with Crippen molar-refractivity contribution in [2.75, 3.05) is 11.9 Å². The molecule has 1 aliphatic rings. The summed E-state index contributed by atoms with van der Waals surface area (Å²) in [6.07, 6.45) is 6.08. The minimum absolute atomic E-state index is 0.107. The summed E-state index contributed by atoms with van der Waals surface area (Å²) in [6.45, 7) is 5.84. The van der Waals surface area contributed by atoms with Crippen molar-refractivity contribution in [3.8, 4) is 17.6 Å². The lowest BCUT2D eigenvalue weighted by atomic mass is 10.2. The Bertz CT molecular complexity index is 1370. The number of carbonyl (C=O) groups is 2. The highest BCUT2D eigenvalue weighted by atomic mass is 35.5. The lowest BCUT2D eigenvalue weighted by Gasteiger charge is -2.20. The van der Waals surface area contributed by atoms with Gasteiger partial charge in [0.1, 0.15) is 23.1 Å². The first kappa shape index (κ1) is 24.3. The molecule has 0 saturated heterocycles. The Morgan fingerprint density at radius 1 is 1.34 bits per heavy atom. The first-order valence-electron chi connectivity index (χ1n) is 11.3. The van der Waals surface area contributed by atoms with Gasteiger partial charge in [0.2, 0.25) is 0 Å². The summed E-state index contributed by atoms with van der Waals surface area (Å²) in [5.74, 6) is 0.356. The number of carbonyl (C=O) groups excluding carboxylic acids is 2. The molecule has 0 unspecified atom stereocenters. The van der Waals surface area contributed by atoms with Gasteiger partial charge in [-0.2, -0.15) is 5.26 Å². The molecule has 3 amide bonds. The summed E-state index contributed by atoms with van der Waals surface area (Å²) in [5, 5.41) is 11.6. The van der Waals surface area contributed by atoms with E-state index in [4.69, 9.17) is 21.6 Å². The van der Waals surface area contributed by atoms with Gasteiger partial charge in [0, 0.05) is 24.3 Å². The molecule has 35 heavy (non-hydrogen) atoms. The van der Waals surface area contributed by atoms with E-state index in [1.807, 2.05) is 31.5 Å². The SMILES string of the molecule is CC/C=C(\C#N)C(=O)NC(=O)N(C)c1cc(C)c(Oc2ccc3ncn(C4(C)CC4)c3c2)c(Cl)c1. The van der Waals surface area contributed by atoms with Crippen molar-refractivity contribution in [3.63, 3.8) is 0 Å². The second kappa shape index (κ2) is 9.43. The van der Waals surface area contributed by atoms with Crippen LogP contribution in [0.25, 0.3) is 11.0 Å². The number of urea groups is 1. The Morgan fingerprint density at radius 3 is 2.71 bits per heavy atom. The summed E-state index contributed by atoms with van der Waals surface area (Å²) in [7, 11) is 1.51. The average Bonchev–Trinajstić information content (AvgIpc) is 3.42. The van der Waals surface area contributed by atoms with E-state index in [1.54, 1.807) is 25.1 Å². The van der Waals surface area contributed by atoms with Crippen LogP contribution in [0.1, 0.15) is 38.7 Å². The van der Waals surface area contributed by atoms with Crippen molar-refractivity contribution in [1.29, 1.82) is 5.26 Å². The number of imide groups is 1. The maximum absolute atomic E-state index is 12.6. The van der Waals surface area contributed by atoms with Crippen LogP contribution < -0.4 is 15.0 Å². The quantitative estimate of drug-likeness (QED) is 0.345. The van der Waals surface area contributed by atoms with Crippen molar-refractivity contribution in [3.05, 3.63) is 58.9 Å². The fourth-order valence-corrected chi connectivity index (χ4v) is 4.11. The topological polar surface area (TPSA) is 100 Å². The van der Waals surface area contributed by atoms with Gasteiger partial charge in [0.25, 0.3) is 5.91 Å². The van der Waals surface area contributed by atoms with E-state index in [2.05, 4.69) is 21.8 Å². The molecule has 0 radical (unpaired) electrons. The van der Waals surface area contributed by atoms with E-state index >= 15 is 0 Å². The normalized spacial score (nSPS) is 14.3. The van der Waals surface area contributed by atoms with Gasteiger partial charge in [0.15, 0.2) is 0 Å². The molecule has 1 saturated carbocycles. The standard InChI is InChI=1S/C26H26ClN5O3/c1-5-6-17(14-28)24(33)30-25(34)31(4)18-11-16(2)23(20(27)12-18)35-19-7-8-21-22(13-19)32(15-29-21)26(3)9-10-26/h6-8,11-13,15H,5,9-10H2,1-4H3,(H,30,33,34)/b17-6+. The number of aryl methyl sites for hydroxylation is 1. The van der Waals surface area contributed by atoms with Crippen molar-refractivity contribution in [2.45, 2.75) is 45.6 Å². The zero-order valence-electron chi connectivity index (χ0n) is 20.1. The summed E-state index contributed by atoms with van der Waals surface area (Å²) >= 11 is 6.54. The van der Waals surface area contributed by atoms with Crippen LogP contribution >= 0.6 is 11.6 Å². The Morgan fingerprint density at radius 2 is 2.09 bits per heavy atom. The first-order chi connectivity index (χ1) is 16.7. The molecule has 0 spiro atoms. The molecule has 1 fully saturated rings. The Balaban J connectivity index is 1.54. The molecule has 1 aromatic heterocycles. The number of imidazole rings is 1. The molecule has 2 aromatic carbocycles. The predicted octanol–water partition coefficient (Wildman–Crippen LogP) is 5.83. The third kappa shape index (κ3) is 4.86. The maximum Gasteiger partial charge on any atom is 0.328 e. The third-order valence-electron chi connectivity index (χ3n) is 6.19. The molecule has 9 heteroatoms. The van der Waals surface area contributed by atoms with Gasteiger partial charge in [-0.15, -0.1) is 0 Å². The number of halogens is 1.